The molecule has 1 aromatic carbocycles. The number of carbonyl (C=O) groups is 6. The minimum atomic E-state index is -1.43. The Balaban J connectivity index is 1.42. The Morgan fingerprint density at radius 3 is 2.11 bits per heavy atom. The van der Waals surface area contributed by atoms with Crippen molar-refractivity contribution < 1.29 is 61.9 Å². The second-order valence-corrected chi connectivity index (χ2v) is 11.6. The molecule has 5 rings (SSSR count). The van der Waals surface area contributed by atoms with Gasteiger partial charge in [-0.15, -0.1) is 5.10 Å². The molecule has 1 aromatic heterocycles. The number of ether oxygens (including phenoxy) is 7. The van der Waals surface area contributed by atoms with Crippen LogP contribution in [0.4, 0.5) is 0 Å². The van der Waals surface area contributed by atoms with Crippen molar-refractivity contribution in [2.75, 3.05) is 6.61 Å². The molecule has 1 unspecified atom stereocenters. The summed E-state index contributed by atoms with van der Waals surface area (Å²) in [5, 5.41) is 8.34. The number of hydrogen-bond acceptors (Lipinski definition) is 15. The highest BCUT2D eigenvalue weighted by atomic mass is 16.7. The van der Waals surface area contributed by atoms with Crippen molar-refractivity contribution in [2.45, 2.75) is 90.5 Å². The van der Waals surface area contributed by atoms with Crippen molar-refractivity contribution in [1.29, 1.82) is 0 Å². The Labute approximate surface area is 268 Å². The molecular weight excluding hydrogens is 622 g/mol. The van der Waals surface area contributed by atoms with Crippen LogP contribution in [0, 0.1) is 0 Å². The Bertz CT molecular complexity index is 1660. The van der Waals surface area contributed by atoms with E-state index in [9.17, 15) is 28.8 Å². The molecule has 1 aliphatic carbocycles. The maximum absolute atomic E-state index is 13.3. The van der Waals surface area contributed by atoms with Crippen LogP contribution in [0.25, 0.3) is 5.76 Å². The summed E-state index contributed by atoms with van der Waals surface area (Å²) in [5.41, 5.74) is 0.137. The molecule has 47 heavy (non-hydrogen) atoms. The van der Waals surface area contributed by atoms with Crippen LogP contribution >= 0.6 is 0 Å². The summed E-state index contributed by atoms with van der Waals surface area (Å²) in [6.07, 6.45) is -5.31. The van der Waals surface area contributed by atoms with Gasteiger partial charge in [-0.25, -0.2) is 4.68 Å². The van der Waals surface area contributed by atoms with Gasteiger partial charge in [0.1, 0.15) is 35.8 Å². The average molecular weight is 656 g/mol. The maximum atomic E-state index is 13.3. The van der Waals surface area contributed by atoms with E-state index in [0.717, 1.165) is 27.7 Å². The van der Waals surface area contributed by atoms with Crippen molar-refractivity contribution in [3.8, 4) is 0 Å². The lowest BCUT2D eigenvalue weighted by Gasteiger charge is -2.43. The van der Waals surface area contributed by atoms with Crippen LogP contribution < -0.4 is 0 Å². The summed E-state index contributed by atoms with van der Waals surface area (Å²) in [7, 11) is 0. The first kappa shape index (κ1) is 33.4. The predicted molar refractivity (Wildman–Crippen MR) is 154 cm³/mol. The van der Waals surface area contributed by atoms with E-state index in [1.165, 1.54) is 10.9 Å². The van der Waals surface area contributed by atoms with E-state index in [1.54, 1.807) is 38.1 Å². The summed E-state index contributed by atoms with van der Waals surface area (Å²) >= 11 is 0. The normalized spacial score (nSPS) is 26.1. The first-order valence-corrected chi connectivity index (χ1v) is 14.6. The molecule has 0 radical (unpaired) electrons. The van der Waals surface area contributed by atoms with Crippen molar-refractivity contribution in [3.63, 3.8) is 0 Å². The van der Waals surface area contributed by atoms with Gasteiger partial charge in [0.15, 0.2) is 24.6 Å². The third kappa shape index (κ3) is 6.78. The summed E-state index contributed by atoms with van der Waals surface area (Å²) in [6.45, 7) is 7.30. The summed E-state index contributed by atoms with van der Waals surface area (Å²) in [6, 6.07) is 5.87. The zero-order valence-electron chi connectivity index (χ0n) is 26.4. The second-order valence-electron chi connectivity index (χ2n) is 11.6. The highest BCUT2D eigenvalue weighted by molar-refractivity contribution is 6.52. The number of aromatic nitrogens is 3. The van der Waals surface area contributed by atoms with Crippen LogP contribution in [0.15, 0.2) is 36.0 Å². The molecule has 0 saturated carbocycles. The zero-order chi connectivity index (χ0) is 34.2. The highest BCUT2D eigenvalue weighted by Gasteiger charge is 2.54. The van der Waals surface area contributed by atoms with Crippen LogP contribution in [-0.2, 0) is 63.7 Å². The van der Waals surface area contributed by atoms with Crippen LogP contribution in [0.5, 0.6) is 0 Å². The zero-order valence-corrected chi connectivity index (χ0v) is 26.4. The SMILES string of the molecule is CC(=O)OC[C@H]1O[C@@H](OCc2cn(C3C4=C(OC3(C)C)c3ccccc3C(=O)C4=O)nn2)[C@H](OC(C)=O)[C@@H](OC(C)=O)[C@H]1OC(C)=O. The van der Waals surface area contributed by atoms with Crippen LogP contribution in [0.1, 0.15) is 69.2 Å². The van der Waals surface area contributed by atoms with Gasteiger partial charge >= 0.3 is 23.9 Å². The van der Waals surface area contributed by atoms with Crippen LogP contribution in [0.2, 0.25) is 0 Å². The molecule has 0 spiro atoms. The smallest absolute Gasteiger partial charge is 0.303 e. The van der Waals surface area contributed by atoms with Gasteiger partial charge in [-0.2, -0.15) is 0 Å². The Morgan fingerprint density at radius 1 is 0.851 bits per heavy atom. The van der Waals surface area contributed by atoms with Gasteiger partial charge in [-0.1, -0.05) is 29.5 Å². The summed E-state index contributed by atoms with van der Waals surface area (Å²) in [4.78, 5) is 74.0. The van der Waals surface area contributed by atoms with Gasteiger partial charge in [0.2, 0.25) is 11.6 Å². The van der Waals surface area contributed by atoms with Crippen molar-refractivity contribution in [2.24, 2.45) is 0 Å². The molecule has 1 fully saturated rings. The largest absolute Gasteiger partial charge is 0.484 e. The molecule has 6 atom stereocenters. The van der Waals surface area contributed by atoms with Gasteiger partial charge < -0.3 is 33.2 Å². The second kappa shape index (κ2) is 13.0. The lowest BCUT2D eigenvalue weighted by Crippen LogP contribution is -2.62. The minimum Gasteiger partial charge on any atom is -0.484 e. The Hall–Kier alpha value is -4.96. The topological polar surface area (TPSA) is 198 Å². The first-order valence-electron chi connectivity index (χ1n) is 14.6. The number of carbonyl (C=O) groups excluding carboxylic acids is 6. The lowest BCUT2D eigenvalue weighted by atomic mass is 9.83. The molecule has 0 N–H and O–H groups in total. The van der Waals surface area contributed by atoms with Gasteiger partial charge in [0.25, 0.3) is 0 Å². The molecule has 0 amide bonds. The molecule has 3 heterocycles. The van der Waals surface area contributed by atoms with E-state index in [0.29, 0.717) is 11.3 Å². The molecule has 16 nitrogen and oxygen atoms in total. The van der Waals surface area contributed by atoms with Crippen LogP contribution in [0.3, 0.4) is 0 Å². The van der Waals surface area contributed by atoms with Gasteiger partial charge in [-0.3, -0.25) is 28.8 Å². The number of ketones is 2. The lowest BCUT2D eigenvalue weighted by molar-refractivity contribution is -0.310. The van der Waals surface area contributed by atoms with Gasteiger partial charge in [0, 0.05) is 38.8 Å². The molecule has 16 heteroatoms. The third-order valence-electron chi connectivity index (χ3n) is 7.57. The monoisotopic (exact) mass is 655 g/mol. The van der Waals surface area contributed by atoms with Gasteiger partial charge in [0.05, 0.1) is 18.4 Å². The molecule has 1 saturated heterocycles. The molecule has 2 aliphatic heterocycles. The number of fused-ring (bicyclic) bond motifs is 2. The van der Waals surface area contributed by atoms with E-state index in [-0.39, 0.29) is 23.4 Å². The van der Waals surface area contributed by atoms with E-state index in [2.05, 4.69) is 10.3 Å². The molecular formula is C31H33N3O13. The van der Waals surface area contributed by atoms with Gasteiger partial charge in [-0.05, 0) is 13.8 Å². The third-order valence-corrected chi connectivity index (χ3v) is 7.57. The quantitative estimate of drug-likeness (QED) is 0.213. The average Bonchev–Trinajstić information content (AvgIpc) is 3.56. The van der Waals surface area contributed by atoms with Crippen molar-refractivity contribution in [1.82, 2.24) is 15.0 Å². The Kier molecular flexibility index (Phi) is 9.27. The van der Waals surface area contributed by atoms with Crippen LogP contribution in [-0.4, -0.2) is 93.4 Å². The molecule has 2 aromatic rings. The standard InChI is InChI=1S/C31H33N3O13/c1-14(35)41-13-21-26(43-15(2)36)27(44-16(3)37)28(45-17(4)38)30(46-21)42-12-18-11-34(33-32-18)29-22-24(40)23(39)19-9-7-8-10-20(19)25(22)47-31(29,5)6/h7-11,21,26-30H,12-13H2,1-6H3/t21-,26+,27+,28-,29?,30-/m1/s1. The summed E-state index contributed by atoms with van der Waals surface area (Å²) < 4.78 is 40.8. The number of nitrogens with zero attached hydrogens (tertiary/aromatic N) is 3. The number of benzene rings is 1. The number of hydrogen-bond donors (Lipinski definition) is 0. The van der Waals surface area contributed by atoms with Crippen molar-refractivity contribution in [3.05, 3.63) is 52.9 Å². The van der Waals surface area contributed by atoms with E-state index < -0.39 is 84.4 Å². The minimum absolute atomic E-state index is 0.149. The van der Waals surface area contributed by atoms with E-state index in [1.807, 2.05) is 0 Å². The Morgan fingerprint density at radius 2 is 1.47 bits per heavy atom. The predicted octanol–water partition coefficient (Wildman–Crippen LogP) is 1.40. The molecule has 0 bridgehead atoms. The highest BCUT2D eigenvalue weighted by Crippen LogP contribution is 2.49. The van der Waals surface area contributed by atoms with E-state index in [4.69, 9.17) is 33.2 Å². The van der Waals surface area contributed by atoms with Crippen molar-refractivity contribution >= 4 is 41.2 Å². The molecule has 250 valence electrons. The fourth-order valence-corrected chi connectivity index (χ4v) is 5.84. The maximum Gasteiger partial charge on any atom is 0.303 e. The fourth-order valence-electron chi connectivity index (χ4n) is 5.84. The first-order chi connectivity index (χ1) is 22.2. The summed E-state index contributed by atoms with van der Waals surface area (Å²) in [5.74, 6) is -4.05. The van der Waals surface area contributed by atoms with E-state index >= 15 is 0 Å². The number of esters is 4. The fraction of sp³-hybridized carbons (Fsp3) is 0.484. The number of rotatable bonds is 9. The number of Topliss-reactive ketones (excluding diaryl/α,β-unsaturated/α-hetero) is 2. The molecule has 3 aliphatic rings.